The summed E-state index contributed by atoms with van der Waals surface area (Å²) in [5.74, 6) is 0.901. The minimum Gasteiger partial charge on any atom is -0.357 e. The fourth-order valence-electron chi connectivity index (χ4n) is 3.38. The minimum atomic E-state index is -5.52. The molecule has 170 valence electrons. The number of benzene rings is 1. The van der Waals surface area contributed by atoms with Crippen molar-refractivity contribution >= 4 is 44.5 Å². The van der Waals surface area contributed by atoms with E-state index < -0.39 is 15.5 Å². The average molecular weight is 503 g/mol. The van der Waals surface area contributed by atoms with Gasteiger partial charge in [0.1, 0.15) is 10.8 Å². The molecule has 12 heteroatoms. The van der Waals surface area contributed by atoms with E-state index in [2.05, 4.69) is 14.9 Å². The lowest BCUT2D eigenvalue weighted by molar-refractivity contribution is -0.0429. The predicted octanol–water partition coefficient (Wildman–Crippen LogP) is 5.78. The number of sulfonamides is 1. The minimum absolute atomic E-state index is 0.0768. The second-order valence-corrected chi connectivity index (χ2v) is 10.2. The van der Waals surface area contributed by atoms with Gasteiger partial charge in [-0.3, -0.25) is 4.72 Å². The molecule has 1 aliphatic heterocycles. The van der Waals surface area contributed by atoms with Crippen molar-refractivity contribution in [1.82, 2.24) is 9.97 Å². The van der Waals surface area contributed by atoms with Gasteiger partial charge in [-0.05, 0) is 49.6 Å². The van der Waals surface area contributed by atoms with Crippen LogP contribution >= 0.6 is 22.9 Å². The molecule has 0 unspecified atom stereocenters. The Morgan fingerprint density at radius 2 is 1.84 bits per heavy atom. The van der Waals surface area contributed by atoms with Crippen molar-refractivity contribution in [3.05, 3.63) is 46.9 Å². The van der Waals surface area contributed by atoms with E-state index in [0.717, 1.165) is 48.4 Å². The Bertz CT molecular complexity index is 1230. The van der Waals surface area contributed by atoms with Crippen molar-refractivity contribution < 1.29 is 21.6 Å². The van der Waals surface area contributed by atoms with E-state index in [1.165, 1.54) is 34.6 Å². The van der Waals surface area contributed by atoms with Gasteiger partial charge in [-0.15, -0.1) is 11.3 Å². The maximum atomic E-state index is 12.6. The summed E-state index contributed by atoms with van der Waals surface area (Å²) >= 11 is 7.62. The number of piperidine rings is 1. The zero-order valence-electron chi connectivity index (χ0n) is 16.6. The third kappa shape index (κ3) is 4.84. The first-order valence-corrected chi connectivity index (χ1v) is 12.4. The Morgan fingerprint density at radius 1 is 1.09 bits per heavy atom. The molecule has 0 amide bonds. The number of anilines is 2. The number of hydrogen-bond acceptors (Lipinski definition) is 6. The van der Waals surface area contributed by atoms with Gasteiger partial charge >= 0.3 is 15.5 Å². The molecule has 0 saturated carbocycles. The van der Waals surface area contributed by atoms with E-state index in [-0.39, 0.29) is 10.7 Å². The van der Waals surface area contributed by atoms with Crippen LogP contribution in [0.1, 0.15) is 19.3 Å². The van der Waals surface area contributed by atoms with Gasteiger partial charge in [0.05, 0.1) is 16.4 Å². The van der Waals surface area contributed by atoms with Crippen LogP contribution in [0.5, 0.6) is 0 Å². The summed E-state index contributed by atoms with van der Waals surface area (Å²) in [7, 11) is -5.52. The van der Waals surface area contributed by atoms with Crippen LogP contribution in [0, 0.1) is 0 Å². The SMILES string of the molecule is O=S(=O)(Nc1ccc(-c2csc(-c3ccnc(N4CCCCC4)c3)n2)c(Cl)c1)C(F)(F)F. The highest BCUT2D eigenvalue weighted by Crippen LogP contribution is 2.35. The molecule has 0 bridgehead atoms. The van der Waals surface area contributed by atoms with Gasteiger partial charge in [-0.25, -0.2) is 9.97 Å². The molecule has 6 nitrogen and oxygen atoms in total. The van der Waals surface area contributed by atoms with Crippen LogP contribution in [-0.4, -0.2) is 37.0 Å². The van der Waals surface area contributed by atoms with Crippen molar-refractivity contribution in [2.75, 3.05) is 22.7 Å². The van der Waals surface area contributed by atoms with Crippen molar-refractivity contribution in [2.45, 2.75) is 24.8 Å². The molecule has 0 spiro atoms. The lowest BCUT2D eigenvalue weighted by atomic mass is 10.1. The predicted molar refractivity (Wildman–Crippen MR) is 120 cm³/mol. The number of halogens is 4. The highest BCUT2D eigenvalue weighted by molar-refractivity contribution is 7.93. The Morgan fingerprint density at radius 3 is 2.53 bits per heavy atom. The summed E-state index contributed by atoms with van der Waals surface area (Å²) in [5, 5.41) is 2.61. The first-order chi connectivity index (χ1) is 15.1. The smallest absolute Gasteiger partial charge is 0.357 e. The van der Waals surface area contributed by atoms with Crippen LogP contribution in [0.25, 0.3) is 21.8 Å². The zero-order chi connectivity index (χ0) is 22.9. The molecule has 0 radical (unpaired) electrons. The Balaban J connectivity index is 1.56. The van der Waals surface area contributed by atoms with Gasteiger partial charge in [0, 0.05) is 35.8 Å². The molecule has 2 aromatic heterocycles. The normalized spacial score (nSPS) is 15.1. The molecule has 1 N–H and O–H groups in total. The molecule has 1 fully saturated rings. The van der Waals surface area contributed by atoms with Crippen molar-refractivity contribution in [1.29, 1.82) is 0 Å². The Labute approximate surface area is 192 Å². The Kier molecular flexibility index (Phi) is 6.33. The number of nitrogens with zero attached hydrogens (tertiary/aromatic N) is 3. The summed E-state index contributed by atoms with van der Waals surface area (Å²) < 4.78 is 61.8. The summed E-state index contributed by atoms with van der Waals surface area (Å²) in [5.41, 5.74) is -3.78. The number of aromatic nitrogens is 2. The number of nitrogens with one attached hydrogen (secondary N) is 1. The van der Waals surface area contributed by atoms with E-state index >= 15 is 0 Å². The van der Waals surface area contributed by atoms with Gasteiger partial charge in [0.15, 0.2) is 0 Å². The molecule has 3 aromatic rings. The van der Waals surface area contributed by atoms with E-state index in [9.17, 15) is 21.6 Å². The maximum absolute atomic E-state index is 12.6. The molecule has 1 aromatic carbocycles. The number of thiazole rings is 1. The van der Waals surface area contributed by atoms with Crippen LogP contribution < -0.4 is 9.62 Å². The third-order valence-electron chi connectivity index (χ3n) is 4.98. The highest BCUT2D eigenvalue weighted by Gasteiger charge is 2.46. The Hall–Kier alpha value is -2.37. The molecule has 0 atom stereocenters. The van der Waals surface area contributed by atoms with E-state index in [0.29, 0.717) is 11.3 Å². The monoisotopic (exact) mass is 502 g/mol. The summed E-state index contributed by atoms with van der Waals surface area (Å²) in [6.45, 7) is 1.94. The average Bonchev–Trinajstić information content (AvgIpc) is 3.23. The second kappa shape index (κ2) is 8.87. The van der Waals surface area contributed by atoms with Crippen LogP contribution in [0.15, 0.2) is 41.9 Å². The number of alkyl halides is 3. The summed E-state index contributed by atoms with van der Waals surface area (Å²) in [6, 6.07) is 7.63. The zero-order valence-corrected chi connectivity index (χ0v) is 19.0. The lowest BCUT2D eigenvalue weighted by Gasteiger charge is -2.27. The fraction of sp³-hybridized carbons (Fsp3) is 0.300. The maximum Gasteiger partial charge on any atom is 0.516 e. The van der Waals surface area contributed by atoms with E-state index in [1.54, 1.807) is 11.6 Å². The second-order valence-electron chi connectivity index (χ2n) is 7.23. The number of rotatable bonds is 5. The van der Waals surface area contributed by atoms with Crippen LogP contribution in [0.3, 0.4) is 0 Å². The molecule has 0 aliphatic carbocycles. The van der Waals surface area contributed by atoms with E-state index in [4.69, 9.17) is 11.6 Å². The van der Waals surface area contributed by atoms with Crippen molar-refractivity contribution in [2.24, 2.45) is 0 Å². The third-order valence-corrected chi connectivity index (χ3v) is 7.30. The van der Waals surface area contributed by atoms with Gasteiger partial charge < -0.3 is 4.90 Å². The van der Waals surface area contributed by atoms with E-state index in [1.807, 2.05) is 12.1 Å². The molecule has 1 aliphatic rings. The molecular weight excluding hydrogens is 485 g/mol. The molecule has 32 heavy (non-hydrogen) atoms. The molecule has 4 rings (SSSR count). The van der Waals surface area contributed by atoms with Crippen molar-refractivity contribution in [3.63, 3.8) is 0 Å². The van der Waals surface area contributed by atoms with Gasteiger partial charge in [0.25, 0.3) is 0 Å². The van der Waals surface area contributed by atoms with Gasteiger partial charge in [-0.1, -0.05) is 11.6 Å². The largest absolute Gasteiger partial charge is 0.516 e. The fourth-order valence-corrected chi connectivity index (χ4v) is 5.02. The first kappa shape index (κ1) is 22.8. The summed E-state index contributed by atoms with van der Waals surface area (Å²) in [4.78, 5) is 11.3. The van der Waals surface area contributed by atoms with Crippen molar-refractivity contribution in [3.8, 4) is 21.8 Å². The molecule has 1 saturated heterocycles. The summed E-state index contributed by atoms with van der Waals surface area (Å²) in [6.07, 6.45) is 5.25. The van der Waals surface area contributed by atoms with Gasteiger partial charge in [-0.2, -0.15) is 21.6 Å². The molecule has 3 heterocycles. The standard InChI is InChI=1S/C20H18ClF3N4O2S2/c21-16-11-14(27-32(29,30)20(22,23)24)4-5-15(16)17-12-31-19(26-17)13-6-7-25-18(10-13)28-8-2-1-3-9-28/h4-7,10-12,27H,1-3,8-9H2. The number of hydrogen-bond donors (Lipinski definition) is 1. The van der Waals surface area contributed by atoms with Crippen LogP contribution in [-0.2, 0) is 10.0 Å². The first-order valence-electron chi connectivity index (χ1n) is 9.70. The van der Waals surface area contributed by atoms with Crippen LogP contribution in [0.2, 0.25) is 5.02 Å². The topological polar surface area (TPSA) is 75.2 Å². The highest BCUT2D eigenvalue weighted by atomic mass is 35.5. The quantitative estimate of drug-likeness (QED) is 0.479. The molecular formula is C20H18ClF3N4O2S2. The van der Waals surface area contributed by atoms with Gasteiger partial charge in [0.2, 0.25) is 0 Å². The van der Waals surface area contributed by atoms with Crippen LogP contribution in [0.4, 0.5) is 24.7 Å². The number of pyridine rings is 1. The lowest BCUT2D eigenvalue weighted by Crippen LogP contribution is -2.30.